The Bertz CT molecular complexity index is 943. The van der Waals surface area contributed by atoms with Gasteiger partial charge >= 0.3 is 6.03 Å². The van der Waals surface area contributed by atoms with Gasteiger partial charge in [0.2, 0.25) is 12.7 Å². The van der Waals surface area contributed by atoms with Crippen molar-refractivity contribution in [3.63, 3.8) is 0 Å². The maximum Gasteiger partial charge on any atom is 0.325 e. The van der Waals surface area contributed by atoms with Gasteiger partial charge in [-0.2, -0.15) is 0 Å². The normalized spacial score (nSPS) is 17.6. The second-order valence-corrected chi connectivity index (χ2v) is 6.41. The molecule has 0 radical (unpaired) electrons. The fourth-order valence-corrected chi connectivity index (χ4v) is 3.03. The molecule has 2 aromatic carbocycles. The molecule has 9 nitrogen and oxygen atoms in total. The Morgan fingerprint density at radius 3 is 2.68 bits per heavy atom. The number of hydrogen-bond acceptors (Lipinski definition) is 6. The number of carbonyl (C=O) groups is 3. The average molecular weight is 383 g/mol. The lowest BCUT2D eigenvalue weighted by atomic mass is 10.1. The van der Waals surface area contributed by atoms with Crippen LogP contribution in [0.5, 0.6) is 17.2 Å². The van der Waals surface area contributed by atoms with Crippen LogP contribution in [0.1, 0.15) is 12.0 Å². The molecule has 2 aliphatic rings. The van der Waals surface area contributed by atoms with Gasteiger partial charge in [-0.15, -0.1) is 0 Å². The molecular formula is C19H17N3O6. The molecule has 0 bridgehead atoms. The van der Waals surface area contributed by atoms with Crippen LogP contribution in [0.2, 0.25) is 0 Å². The second-order valence-electron chi connectivity index (χ2n) is 6.41. The molecule has 3 N–H and O–H groups in total. The minimum Gasteiger partial charge on any atom is -0.508 e. The summed E-state index contributed by atoms with van der Waals surface area (Å²) in [4.78, 5) is 38.0. The number of phenolic OH excluding ortho intramolecular Hbond substituents is 1. The van der Waals surface area contributed by atoms with Gasteiger partial charge < -0.3 is 25.2 Å². The molecule has 4 amide bonds. The van der Waals surface area contributed by atoms with Crippen molar-refractivity contribution in [1.82, 2.24) is 10.2 Å². The van der Waals surface area contributed by atoms with E-state index in [4.69, 9.17) is 9.47 Å². The van der Waals surface area contributed by atoms with Gasteiger partial charge in [0, 0.05) is 5.69 Å². The van der Waals surface area contributed by atoms with Crippen molar-refractivity contribution in [2.45, 2.75) is 19.0 Å². The number of carbonyl (C=O) groups excluding carboxylic acids is 3. The summed E-state index contributed by atoms with van der Waals surface area (Å²) in [6, 6.07) is 9.65. The number of amides is 4. The quantitative estimate of drug-likeness (QED) is 0.533. The van der Waals surface area contributed by atoms with E-state index >= 15 is 0 Å². The molecule has 0 spiro atoms. The third-order valence-electron chi connectivity index (χ3n) is 4.43. The van der Waals surface area contributed by atoms with Gasteiger partial charge in [0.1, 0.15) is 11.8 Å². The van der Waals surface area contributed by atoms with E-state index in [0.717, 1.165) is 4.90 Å². The number of ether oxygens (including phenoxy) is 2. The van der Waals surface area contributed by atoms with Crippen molar-refractivity contribution < 1.29 is 29.0 Å². The largest absolute Gasteiger partial charge is 0.508 e. The molecule has 9 heteroatoms. The SMILES string of the molecule is O=C(CC1NC(=O)N(Cc2ccc3c(c2)OCO3)C1=O)Nc1ccc(O)cc1. The lowest BCUT2D eigenvalue weighted by Crippen LogP contribution is -2.34. The van der Waals surface area contributed by atoms with E-state index in [-0.39, 0.29) is 25.5 Å². The van der Waals surface area contributed by atoms with E-state index in [1.54, 1.807) is 18.2 Å². The van der Waals surface area contributed by atoms with Crippen molar-refractivity contribution in [3.8, 4) is 17.2 Å². The van der Waals surface area contributed by atoms with Crippen LogP contribution >= 0.6 is 0 Å². The maximum atomic E-state index is 12.6. The van der Waals surface area contributed by atoms with Crippen LogP contribution in [0, 0.1) is 0 Å². The van der Waals surface area contributed by atoms with E-state index < -0.39 is 23.9 Å². The molecule has 2 heterocycles. The number of anilines is 1. The minimum atomic E-state index is -0.932. The third kappa shape index (κ3) is 3.54. The summed E-state index contributed by atoms with van der Waals surface area (Å²) in [5, 5.41) is 14.4. The maximum absolute atomic E-state index is 12.6. The molecule has 2 aliphatic heterocycles. The van der Waals surface area contributed by atoms with E-state index in [0.29, 0.717) is 22.7 Å². The number of hydrogen-bond donors (Lipinski definition) is 3. The highest BCUT2D eigenvalue weighted by molar-refractivity contribution is 6.06. The number of nitrogens with one attached hydrogen (secondary N) is 2. The van der Waals surface area contributed by atoms with Gasteiger partial charge in [0.05, 0.1) is 13.0 Å². The Hall–Kier alpha value is -3.75. The number of fused-ring (bicyclic) bond motifs is 1. The highest BCUT2D eigenvalue weighted by atomic mass is 16.7. The number of rotatable bonds is 5. The molecule has 4 rings (SSSR count). The Labute approximate surface area is 159 Å². The van der Waals surface area contributed by atoms with Crippen molar-refractivity contribution in [2.75, 3.05) is 12.1 Å². The summed E-state index contributed by atoms with van der Waals surface area (Å²) in [7, 11) is 0. The monoisotopic (exact) mass is 383 g/mol. The van der Waals surface area contributed by atoms with Crippen molar-refractivity contribution >= 4 is 23.5 Å². The average Bonchev–Trinajstić information content (AvgIpc) is 3.23. The van der Waals surface area contributed by atoms with Crippen LogP contribution in [-0.2, 0) is 16.1 Å². The Morgan fingerprint density at radius 1 is 1.14 bits per heavy atom. The summed E-state index contributed by atoms with van der Waals surface area (Å²) >= 11 is 0. The van der Waals surface area contributed by atoms with E-state index in [1.807, 2.05) is 0 Å². The van der Waals surface area contributed by atoms with Crippen LogP contribution in [0.3, 0.4) is 0 Å². The summed E-state index contributed by atoms with van der Waals surface area (Å²) in [5.41, 5.74) is 1.19. The smallest absolute Gasteiger partial charge is 0.325 e. The molecule has 1 atom stereocenters. The zero-order valence-corrected chi connectivity index (χ0v) is 14.7. The number of aromatic hydroxyl groups is 1. The first-order valence-electron chi connectivity index (χ1n) is 8.59. The van der Waals surface area contributed by atoms with Gasteiger partial charge in [-0.1, -0.05) is 6.07 Å². The zero-order valence-electron chi connectivity index (χ0n) is 14.7. The standard InChI is InChI=1S/C19H17N3O6/c23-13-4-2-12(3-5-13)20-17(24)8-14-18(25)22(19(26)21-14)9-11-1-6-15-16(7-11)28-10-27-15/h1-7,14,23H,8-10H2,(H,20,24)(H,21,26). The predicted molar refractivity (Wildman–Crippen MR) is 96.8 cm³/mol. The highest BCUT2D eigenvalue weighted by Gasteiger charge is 2.39. The van der Waals surface area contributed by atoms with E-state index in [1.165, 1.54) is 24.3 Å². The second kappa shape index (κ2) is 7.10. The molecular weight excluding hydrogens is 366 g/mol. The van der Waals surface area contributed by atoms with Gasteiger partial charge in [-0.05, 0) is 42.0 Å². The molecule has 2 aromatic rings. The van der Waals surface area contributed by atoms with Crippen molar-refractivity contribution in [3.05, 3.63) is 48.0 Å². The summed E-state index contributed by atoms with van der Waals surface area (Å²) < 4.78 is 10.5. The Morgan fingerprint density at radius 2 is 1.89 bits per heavy atom. The number of nitrogens with zero attached hydrogens (tertiary/aromatic N) is 1. The molecule has 0 aliphatic carbocycles. The molecule has 1 saturated heterocycles. The third-order valence-corrected chi connectivity index (χ3v) is 4.43. The minimum absolute atomic E-state index is 0.0669. The molecule has 0 aromatic heterocycles. The van der Waals surface area contributed by atoms with Gasteiger partial charge in [0.15, 0.2) is 11.5 Å². The molecule has 0 saturated carbocycles. The van der Waals surface area contributed by atoms with Gasteiger partial charge in [-0.25, -0.2) is 4.79 Å². The fraction of sp³-hybridized carbons (Fsp3) is 0.211. The number of urea groups is 1. The van der Waals surface area contributed by atoms with Crippen molar-refractivity contribution in [1.29, 1.82) is 0 Å². The van der Waals surface area contributed by atoms with Crippen LogP contribution in [0.15, 0.2) is 42.5 Å². The van der Waals surface area contributed by atoms with Crippen LogP contribution < -0.4 is 20.1 Å². The Balaban J connectivity index is 1.38. The number of benzene rings is 2. The molecule has 144 valence electrons. The summed E-state index contributed by atoms with van der Waals surface area (Å²) in [6.07, 6.45) is -0.191. The predicted octanol–water partition coefficient (Wildman–Crippen LogP) is 1.57. The first-order valence-corrected chi connectivity index (χ1v) is 8.59. The van der Waals surface area contributed by atoms with Crippen LogP contribution in [-0.4, -0.2) is 40.7 Å². The number of phenols is 1. The van der Waals surface area contributed by atoms with Crippen molar-refractivity contribution in [2.24, 2.45) is 0 Å². The van der Waals surface area contributed by atoms with Crippen LogP contribution in [0.25, 0.3) is 0 Å². The van der Waals surface area contributed by atoms with E-state index in [9.17, 15) is 19.5 Å². The molecule has 1 unspecified atom stereocenters. The van der Waals surface area contributed by atoms with E-state index in [2.05, 4.69) is 10.6 Å². The summed E-state index contributed by atoms with van der Waals surface area (Å²) in [5.74, 6) is 0.368. The number of imide groups is 1. The Kier molecular flexibility index (Phi) is 4.48. The molecule has 1 fully saturated rings. The van der Waals surface area contributed by atoms with Crippen LogP contribution in [0.4, 0.5) is 10.5 Å². The zero-order chi connectivity index (χ0) is 19.7. The lowest BCUT2D eigenvalue weighted by Gasteiger charge is -2.13. The van der Waals surface area contributed by atoms with Gasteiger partial charge in [-0.3, -0.25) is 14.5 Å². The fourth-order valence-electron chi connectivity index (χ4n) is 3.03. The first kappa shape index (κ1) is 17.7. The highest BCUT2D eigenvalue weighted by Crippen LogP contribution is 2.33. The lowest BCUT2D eigenvalue weighted by molar-refractivity contribution is -0.130. The molecule has 28 heavy (non-hydrogen) atoms. The topological polar surface area (TPSA) is 117 Å². The van der Waals surface area contributed by atoms with Gasteiger partial charge in [0.25, 0.3) is 5.91 Å². The summed E-state index contributed by atoms with van der Waals surface area (Å²) in [6.45, 7) is 0.206. The first-order chi connectivity index (χ1) is 13.5.